The number of likely N-dealkylation sites (tertiary alicyclic amines) is 1. The topological polar surface area (TPSA) is 73.0 Å². The molecular formula is C16H26N4O3. The normalized spacial score (nSPS) is 26.9. The SMILES string of the molecule is O=C(CN1C(=O)CCC1=O)N1CCN(CC2CCCNC2)CC1. The fourth-order valence-electron chi connectivity index (χ4n) is 3.66. The third-order valence-corrected chi connectivity index (χ3v) is 5.09. The van der Waals surface area contributed by atoms with Crippen LogP contribution in [-0.2, 0) is 14.4 Å². The van der Waals surface area contributed by atoms with E-state index in [-0.39, 0.29) is 37.1 Å². The minimum Gasteiger partial charge on any atom is -0.339 e. The number of hydrogen-bond acceptors (Lipinski definition) is 5. The summed E-state index contributed by atoms with van der Waals surface area (Å²) in [6.07, 6.45) is 3.02. The van der Waals surface area contributed by atoms with Gasteiger partial charge in [0.05, 0.1) is 0 Å². The zero-order valence-electron chi connectivity index (χ0n) is 13.6. The maximum absolute atomic E-state index is 12.3. The first kappa shape index (κ1) is 16.4. The van der Waals surface area contributed by atoms with Gasteiger partial charge in [0.25, 0.3) is 0 Å². The van der Waals surface area contributed by atoms with Crippen molar-refractivity contribution in [3.05, 3.63) is 0 Å². The highest BCUT2D eigenvalue weighted by Gasteiger charge is 2.32. The van der Waals surface area contributed by atoms with Gasteiger partial charge in [0.2, 0.25) is 17.7 Å². The zero-order chi connectivity index (χ0) is 16.2. The van der Waals surface area contributed by atoms with E-state index in [4.69, 9.17) is 0 Å². The molecule has 0 aromatic rings. The highest BCUT2D eigenvalue weighted by molar-refractivity contribution is 6.04. The second-order valence-corrected chi connectivity index (χ2v) is 6.77. The Kier molecular flexibility index (Phi) is 5.27. The summed E-state index contributed by atoms with van der Waals surface area (Å²) in [7, 11) is 0. The van der Waals surface area contributed by atoms with E-state index in [1.165, 1.54) is 12.8 Å². The molecule has 3 aliphatic heterocycles. The van der Waals surface area contributed by atoms with Gasteiger partial charge >= 0.3 is 0 Å². The molecule has 1 N–H and O–H groups in total. The van der Waals surface area contributed by atoms with E-state index in [0.717, 1.165) is 37.6 Å². The number of imide groups is 1. The van der Waals surface area contributed by atoms with Crippen molar-refractivity contribution in [1.29, 1.82) is 0 Å². The van der Waals surface area contributed by atoms with Crippen LogP contribution in [0.25, 0.3) is 0 Å². The smallest absolute Gasteiger partial charge is 0.242 e. The van der Waals surface area contributed by atoms with Gasteiger partial charge in [-0.1, -0.05) is 0 Å². The Balaban J connectivity index is 1.42. The number of nitrogens with zero attached hydrogens (tertiary/aromatic N) is 3. The predicted molar refractivity (Wildman–Crippen MR) is 84.6 cm³/mol. The number of carbonyl (C=O) groups is 3. The molecule has 3 amide bonds. The van der Waals surface area contributed by atoms with Gasteiger partial charge in [-0.2, -0.15) is 0 Å². The van der Waals surface area contributed by atoms with Crippen molar-refractivity contribution in [2.75, 3.05) is 52.4 Å². The van der Waals surface area contributed by atoms with E-state index >= 15 is 0 Å². The Morgan fingerprint density at radius 2 is 1.78 bits per heavy atom. The van der Waals surface area contributed by atoms with Crippen LogP contribution in [0.2, 0.25) is 0 Å². The summed E-state index contributed by atoms with van der Waals surface area (Å²) >= 11 is 0. The molecule has 1 unspecified atom stereocenters. The third-order valence-electron chi connectivity index (χ3n) is 5.09. The van der Waals surface area contributed by atoms with Crippen molar-refractivity contribution in [2.24, 2.45) is 5.92 Å². The van der Waals surface area contributed by atoms with Crippen LogP contribution < -0.4 is 5.32 Å². The molecule has 0 spiro atoms. The molecule has 3 heterocycles. The van der Waals surface area contributed by atoms with Crippen LogP contribution in [-0.4, -0.2) is 84.8 Å². The lowest BCUT2D eigenvalue weighted by Crippen LogP contribution is -2.53. The number of carbonyl (C=O) groups excluding carboxylic acids is 3. The number of amides is 3. The lowest BCUT2D eigenvalue weighted by Gasteiger charge is -2.37. The summed E-state index contributed by atoms with van der Waals surface area (Å²) in [6.45, 7) is 6.38. The lowest BCUT2D eigenvalue weighted by molar-refractivity contribution is -0.146. The molecule has 0 radical (unpaired) electrons. The minimum absolute atomic E-state index is 0.0792. The summed E-state index contributed by atoms with van der Waals surface area (Å²) in [4.78, 5) is 40.8. The largest absolute Gasteiger partial charge is 0.339 e. The van der Waals surface area contributed by atoms with Crippen LogP contribution in [0.1, 0.15) is 25.7 Å². The Morgan fingerprint density at radius 3 is 2.39 bits per heavy atom. The Morgan fingerprint density at radius 1 is 1.09 bits per heavy atom. The molecule has 0 aliphatic carbocycles. The molecular weight excluding hydrogens is 296 g/mol. The molecule has 0 saturated carbocycles. The predicted octanol–water partition coefficient (Wildman–Crippen LogP) is -0.721. The van der Waals surface area contributed by atoms with Crippen molar-refractivity contribution in [3.63, 3.8) is 0 Å². The molecule has 0 aromatic carbocycles. The molecule has 23 heavy (non-hydrogen) atoms. The molecule has 0 aromatic heterocycles. The molecule has 7 heteroatoms. The molecule has 3 fully saturated rings. The molecule has 3 saturated heterocycles. The molecule has 1 atom stereocenters. The van der Waals surface area contributed by atoms with Gasteiger partial charge < -0.3 is 10.2 Å². The van der Waals surface area contributed by atoms with Crippen LogP contribution >= 0.6 is 0 Å². The highest BCUT2D eigenvalue weighted by atomic mass is 16.2. The fraction of sp³-hybridized carbons (Fsp3) is 0.812. The first-order valence-corrected chi connectivity index (χ1v) is 8.67. The van der Waals surface area contributed by atoms with Gasteiger partial charge in [-0.15, -0.1) is 0 Å². The average molecular weight is 322 g/mol. The van der Waals surface area contributed by atoms with Crippen LogP contribution in [0.5, 0.6) is 0 Å². The number of nitrogens with one attached hydrogen (secondary N) is 1. The van der Waals surface area contributed by atoms with E-state index in [1.807, 2.05) is 0 Å². The lowest BCUT2D eigenvalue weighted by atomic mass is 9.99. The number of piperidine rings is 1. The number of hydrogen-bond donors (Lipinski definition) is 1. The van der Waals surface area contributed by atoms with E-state index in [2.05, 4.69) is 10.2 Å². The highest BCUT2D eigenvalue weighted by Crippen LogP contribution is 2.15. The zero-order valence-corrected chi connectivity index (χ0v) is 13.6. The van der Waals surface area contributed by atoms with Gasteiger partial charge in [-0.05, 0) is 31.8 Å². The van der Waals surface area contributed by atoms with Crippen molar-refractivity contribution in [1.82, 2.24) is 20.0 Å². The first-order valence-electron chi connectivity index (χ1n) is 8.67. The maximum Gasteiger partial charge on any atom is 0.242 e. The first-order chi connectivity index (χ1) is 11.1. The molecule has 0 bridgehead atoms. The standard InChI is InChI=1S/C16H26N4O3/c21-14-3-4-15(22)20(14)12-16(23)19-8-6-18(7-9-19)11-13-2-1-5-17-10-13/h13,17H,1-12H2. The Labute approximate surface area is 137 Å². The van der Waals surface area contributed by atoms with Crippen LogP contribution in [0.15, 0.2) is 0 Å². The summed E-state index contributed by atoms with van der Waals surface area (Å²) in [5.41, 5.74) is 0. The van der Waals surface area contributed by atoms with Crippen molar-refractivity contribution in [2.45, 2.75) is 25.7 Å². The van der Waals surface area contributed by atoms with Crippen LogP contribution in [0, 0.1) is 5.92 Å². The van der Waals surface area contributed by atoms with Gasteiger partial charge in [0, 0.05) is 45.6 Å². The van der Waals surface area contributed by atoms with Crippen molar-refractivity contribution >= 4 is 17.7 Å². The summed E-state index contributed by atoms with van der Waals surface area (Å²) in [5.74, 6) is 0.178. The van der Waals surface area contributed by atoms with Gasteiger partial charge in [-0.3, -0.25) is 24.2 Å². The molecule has 7 nitrogen and oxygen atoms in total. The second kappa shape index (κ2) is 7.40. The monoisotopic (exact) mass is 322 g/mol. The Bertz CT molecular complexity index is 452. The average Bonchev–Trinajstić information content (AvgIpc) is 2.88. The molecule has 3 aliphatic rings. The fourth-order valence-corrected chi connectivity index (χ4v) is 3.66. The van der Waals surface area contributed by atoms with Gasteiger partial charge in [0.1, 0.15) is 6.54 Å². The quantitative estimate of drug-likeness (QED) is 0.692. The summed E-state index contributed by atoms with van der Waals surface area (Å²) < 4.78 is 0. The van der Waals surface area contributed by atoms with Crippen molar-refractivity contribution in [3.8, 4) is 0 Å². The minimum atomic E-state index is -0.216. The second-order valence-electron chi connectivity index (χ2n) is 6.77. The Hall–Kier alpha value is -1.47. The van der Waals surface area contributed by atoms with E-state index in [0.29, 0.717) is 19.0 Å². The number of piperazine rings is 1. The third kappa shape index (κ3) is 4.09. The summed E-state index contributed by atoms with van der Waals surface area (Å²) in [5, 5.41) is 3.44. The van der Waals surface area contributed by atoms with Gasteiger partial charge in [-0.25, -0.2) is 0 Å². The van der Waals surface area contributed by atoms with Crippen LogP contribution in [0.4, 0.5) is 0 Å². The van der Waals surface area contributed by atoms with Gasteiger partial charge in [0.15, 0.2) is 0 Å². The van der Waals surface area contributed by atoms with E-state index in [9.17, 15) is 14.4 Å². The van der Waals surface area contributed by atoms with E-state index in [1.54, 1.807) is 4.90 Å². The van der Waals surface area contributed by atoms with Crippen molar-refractivity contribution < 1.29 is 14.4 Å². The summed E-state index contributed by atoms with van der Waals surface area (Å²) in [6, 6.07) is 0. The van der Waals surface area contributed by atoms with E-state index < -0.39 is 0 Å². The van der Waals surface area contributed by atoms with Crippen LogP contribution in [0.3, 0.4) is 0 Å². The molecule has 3 rings (SSSR count). The molecule has 128 valence electrons. The number of rotatable bonds is 4. The maximum atomic E-state index is 12.3.